The lowest BCUT2D eigenvalue weighted by Gasteiger charge is -2.40. The molecule has 0 bridgehead atoms. The summed E-state index contributed by atoms with van der Waals surface area (Å²) in [6.07, 6.45) is 3.56. The van der Waals surface area contributed by atoms with E-state index in [9.17, 15) is 0 Å². The Morgan fingerprint density at radius 2 is 1.64 bits per heavy atom. The average Bonchev–Trinajstić information content (AvgIpc) is 3.55. The van der Waals surface area contributed by atoms with Crippen LogP contribution in [0.5, 0.6) is 0 Å². The highest BCUT2D eigenvalue weighted by atomic mass is 32.2. The molecule has 2 fully saturated rings. The Bertz CT molecular complexity index is 1840. The topological polar surface area (TPSA) is 23.4 Å². The van der Waals surface area contributed by atoms with Crippen LogP contribution >= 0.6 is 11.8 Å². The first-order valence-corrected chi connectivity index (χ1v) is 16.1. The van der Waals surface area contributed by atoms with Crippen LogP contribution in [0.15, 0.2) is 83.8 Å². The van der Waals surface area contributed by atoms with E-state index >= 15 is 0 Å². The molecule has 1 saturated carbocycles. The Kier molecular flexibility index (Phi) is 5.78. The van der Waals surface area contributed by atoms with Crippen LogP contribution < -0.4 is 5.46 Å². The van der Waals surface area contributed by atoms with Gasteiger partial charge < -0.3 is 13.9 Å². The van der Waals surface area contributed by atoms with Gasteiger partial charge in [0.1, 0.15) is 0 Å². The molecule has 3 heterocycles. The fourth-order valence-corrected chi connectivity index (χ4v) is 9.04. The largest absolute Gasteiger partial charge is 0.494 e. The third-order valence-corrected chi connectivity index (χ3v) is 12.1. The van der Waals surface area contributed by atoms with E-state index in [4.69, 9.17) is 9.31 Å². The van der Waals surface area contributed by atoms with Gasteiger partial charge in [-0.25, -0.2) is 0 Å². The Hall–Kier alpha value is -3.17. The lowest BCUT2D eigenvalue weighted by molar-refractivity contribution is 0.00578. The minimum Gasteiger partial charge on any atom is -0.399 e. The van der Waals surface area contributed by atoms with Crippen molar-refractivity contribution in [3.8, 4) is 11.1 Å². The van der Waals surface area contributed by atoms with Gasteiger partial charge in [-0.2, -0.15) is 0 Å². The molecule has 1 aromatic heterocycles. The highest BCUT2D eigenvalue weighted by Gasteiger charge is 2.52. The van der Waals surface area contributed by atoms with Crippen LogP contribution in [0, 0.1) is 12.1 Å². The van der Waals surface area contributed by atoms with Crippen molar-refractivity contribution in [2.24, 2.45) is 0 Å². The molecule has 42 heavy (non-hydrogen) atoms. The molecule has 2 aliphatic heterocycles. The van der Waals surface area contributed by atoms with E-state index in [-0.39, 0.29) is 23.1 Å². The van der Waals surface area contributed by atoms with E-state index in [1.54, 1.807) is 5.56 Å². The Balaban J connectivity index is 1.18. The maximum Gasteiger partial charge on any atom is 0.494 e. The first-order chi connectivity index (χ1) is 20.1. The van der Waals surface area contributed by atoms with Crippen LogP contribution in [0.4, 0.5) is 0 Å². The molecule has 3 aliphatic rings. The second kappa shape index (κ2) is 9.17. The van der Waals surface area contributed by atoms with Crippen molar-refractivity contribution in [1.82, 2.24) is 4.57 Å². The van der Waals surface area contributed by atoms with Crippen LogP contribution in [-0.4, -0.2) is 27.6 Å². The van der Waals surface area contributed by atoms with Crippen LogP contribution in [0.2, 0.25) is 0 Å². The van der Waals surface area contributed by atoms with Crippen molar-refractivity contribution in [3.05, 3.63) is 96.6 Å². The number of aromatic nitrogens is 1. The van der Waals surface area contributed by atoms with Crippen molar-refractivity contribution < 1.29 is 9.31 Å². The van der Waals surface area contributed by atoms with E-state index < -0.39 is 0 Å². The molecule has 1 aliphatic carbocycles. The molecule has 1 saturated heterocycles. The van der Waals surface area contributed by atoms with Gasteiger partial charge in [-0.3, -0.25) is 0 Å². The monoisotopic (exact) mass is 569 g/mol. The summed E-state index contributed by atoms with van der Waals surface area (Å²) in [5.74, 6) is 0.571. The standard InChI is InChI=1S/C37H36BNO2S/c1-35(2)36(3,4)41-38(40-35)26-12-10-11-24(21-26)25-17-18-33-30(22-25)28-13-6-8-15-32(28)39(33)27-19-20-37(5)31(23-27)29-14-7-9-16-34(29)42-37/h7-12,14-18,21-22,27,31H,19-20,23H2,1-5H3. The Morgan fingerprint density at radius 3 is 2.48 bits per heavy atom. The lowest BCUT2D eigenvalue weighted by atomic mass is 9.74. The quantitative estimate of drug-likeness (QED) is 0.203. The number of fused-ring (bicyclic) bond motifs is 6. The van der Waals surface area contributed by atoms with Crippen LogP contribution in [0.25, 0.3) is 32.9 Å². The summed E-state index contributed by atoms with van der Waals surface area (Å²) in [6, 6.07) is 36.1. The summed E-state index contributed by atoms with van der Waals surface area (Å²) in [6.45, 7) is 10.9. The zero-order valence-corrected chi connectivity index (χ0v) is 25.8. The zero-order chi connectivity index (χ0) is 28.9. The molecule has 210 valence electrons. The van der Waals surface area contributed by atoms with Gasteiger partial charge in [-0.1, -0.05) is 60.7 Å². The van der Waals surface area contributed by atoms with Crippen molar-refractivity contribution >= 4 is 46.1 Å². The van der Waals surface area contributed by atoms with E-state index in [0.29, 0.717) is 12.0 Å². The van der Waals surface area contributed by atoms with Crippen molar-refractivity contribution in [2.45, 2.75) is 86.7 Å². The maximum atomic E-state index is 6.36. The van der Waals surface area contributed by atoms with Crippen molar-refractivity contribution in [3.63, 3.8) is 0 Å². The van der Waals surface area contributed by atoms with E-state index in [1.165, 1.54) is 39.7 Å². The first-order valence-electron chi connectivity index (χ1n) is 15.2. The fourth-order valence-electron chi connectivity index (χ4n) is 7.47. The molecule has 0 amide bonds. The maximum absolute atomic E-state index is 6.36. The van der Waals surface area contributed by atoms with Gasteiger partial charge in [0.05, 0.1) is 27.6 Å². The average molecular weight is 570 g/mol. The van der Waals surface area contributed by atoms with Crippen LogP contribution in [0.3, 0.4) is 0 Å². The summed E-state index contributed by atoms with van der Waals surface area (Å²) < 4.78 is 15.6. The molecule has 0 radical (unpaired) electrons. The van der Waals surface area contributed by atoms with Crippen LogP contribution in [0.1, 0.15) is 71.4 Å². The van der Waals surface area contributed by atoms with Gasteiger partial charge >= 0.3 is 7.12 Å². The molecule has 5 heteroatoms. The molecule has 3 unspecified atom stereocenters. The summed E-state index contributed by atoms with van der Waals surface area (Å²) in [5, 5.41) is 2.40. The molecule has 0 N–H and O–H groups in total. The first kappa shape index (κ1) is 26.5. The molecule has 4 aromatic carbocycles. The summed E-state index contributed by atoms with van der Waals surface area (Å²) >= 11 is 2.10. The predicted octanol–water partition coefficient (Wildman–Crippen LogP) is 8.73. The van der Waals surface area contributed by atoms with Crippen molar-refractivity contribution in [2.75, 3.05) is 0 Å². The minimum atomic E-state index is -0.376. The van der Waals surface area contributed by atoms with Gasteiger partial charge in [0.25, 0.3) is 0 Å². The number of hydrogen-bond donors (Lipinski definition) is 0. The van der Waals surface area contributed by atoms with Gasteiger partial charge in [-0.15, -0.1) is 11.8 Å². The fraction of sp³-hybridized carbons (Fsp3) is 0.351. The summed E-state index contributed by atoms with van der Waals surface area (Å²) in [7, 11) is -0.376. The van der Waals surface area contributed by atoms with E-state index in [0.717, 1.165) is 22.8 Å². The molecular formula is C37H36BNO2S. The number of nitrogens with zero attached hydrogens (tertiary/aromatic N) is 1. The highest BCUT2D eigenvalue weighted by Crippen LogP contribution is 2.61. The molecule has 3 nitrogen and oxygen atoms in total. The van der Waals surface area contributed by atoms with Crippen molar-refractivity contribution in [1.29, 1.82) is 0 Å². The van der Waals surface area contributed by atoms with Crippen LogP contribution in [-0.2, 0) is 9.31 Å². The third-order valence-electron chi connectivity index (χ3n) is 10.5. The van der Waals surface area contributed by atoms with E-state index in [1.807, 2.05) is 6.07 Å². The summed E-state index contributed by atoms with van der Waals surface area (Å²) in [5.41, 5.74) is 6.77. The number of hydrogen-bond acceptors (Lipinski definition) is 3. The molecule has 8 rings (SSSR count). The number of rotatable bonds is 3. The number of benzene rings is 3. The Labute approximate surface area is 253 Å². The minimum absolute atomic E-state index is 0.286. The van der Waals surface area contributed by atoms with E-state index in [2.05, 4.69) is 136 Å². The van der Waals surface area contributed by atoms with Gasteiger partial charge in [0.2, 0.25) is 0 Å². The highest BCUT2D eigenvalue weighted by molar-refractivity contribution is 8.01. The SMILES string of the molecule is CC12CCC(n3c4ccc#cc4c4cc(-c5cccc(B6OC(C)(C)C(C)(C)O6)c5)ccc43)CC1c1ccccc1S2. The summed E-state index contributed by atoms with van der Waals surface area (Å²) in [4.78, 5) is 1.48. The molecular weight excluding hydrogens is 533 g/mol. The molecule has 5 aromatic rings. The van der Waals surface area contributed by atoms with Gasteiger partial charge in [0.15, 0.2) is 0 Å². The molecule has 0 spiro atoms. The number of thioether (sulfide) groups is 1. The smallest absolute Gasteiger partial charge is 0.399 e. The second-order valence-electron chi connectivity index (χ2n) is 13.6. The zero-order valence-electron chi connectivity index (χ0n) is 25.0. The van der Waals surface area contributed by atoms with Gasteiger partial charge in [0, 0.05) is 27.0 Å². The molecule has 3 atom stereocenters. The third kappa shape index (κ3) is 3.92. The van der Waals surface area contributed by atoms with Gasteiger partial charge in [-0.05, 0) is 106 Å². The Morgan fingerprint density at radius 1 is 0.857 bits per heavy atom. The normalized spacial score (nSPS) is 25.9. The second-order valence-corrected chi connectivity index (χ2v) is 15.2. The lowest BCUT2D eigenvalue weighted by Crippen LogP contribution is -2.41. The predicted molar refractivity (Wildman–Crippen MR) is 175 cm³/mol.